The van der Waals surface area contributed by atoms with E-state index < -0.39 is 0 Å². The molecule has 1 aliphatic carbocycles. The van der Waals surface area contributed by atoms with Gasteiger partial charge in [0.2, 0.25) is 0 Å². The predicted molar refractivity (Wildman–Crippen MR) is 73.3 cm³/mol. The lowest BCUT2D eigenvalue weighted by Gasteiger charge is -2.15. The molecule has 1 N–H and O–H groups in total. The molecule has 0 spiro atoms. The van der Waals surface area contributed by atoms with Gasteiger partial charge in [0, 0.05) is 19.1 Å². The highest BCUT2D eigenvalue weighted by atomic mass is 15.2. The predicted octanol–water partition coefficient (Wildman–Crippen LogP) is 2.30. The molecule has 1 fully saturated rings. The molecule has 1 aromatic carbocycles. The number of hydrogen-bond donors (Lipinski definition) is 1. The van der Waals surface area contributed by atoms with Gasteiger partial charge in [0.1, 0.15) is 0 Å². The Morgan fingerprint density at radius 3 is 2.65 bits per heavy atom. The standard InChI is InChI=1S/C15H24N2/c1-17(15-9-10-15)13-12-16-11-5-8-14-6-3-2-4-7-14/h2-4,6-7,15-16H,5,8-13H2,1H3. The molecule has 0 atom stereocenters. The first kappa shape index (κ1) is 12.6. The smallest absolute Gasteiger partial charge is 0.0107 e. The Balaban J connectivity index is 1.46. The fraction of sp³-hybridized carbons (Fsp3) is 0.600. The maximum absolute atomic E-state index is 3.53. The van der Waals surface area contributed by atoms with Crippen LogP contribution in [0.2, 0.25) is 0 Å². The van der Waals surface area contributed by atoms with E-state index in [0.29, 0.717) is 0 Å². The Morgan fingerprint density at radius 2 is 1.94 bits per heavy atom. The van der Waals surface area contributed by atoms with Gasteiger partial charge in [-0.1, -0.05) is 30.3 Å². The second-order valence-corrected chi connectivity index (χ2v) is 5.05. The maximum atomic E-state index is 3.53. The van der Waals surface area contributed by atoms with Crippen molar-refractivity contribution in [3.05, 3.63) is 35.9 Å². The second-order valence-electron chi connectivity index (χ2n) is 5.05. The Labute approximate surface area is 105 Å². The first-order valence-corrected chi connectivity index (χ1v) is 6.81. The highest BCUT2D eigenvalue weighted by molar-refractivity contribution is 5.14. The van der Waals surface area contributed by atoms with Crippen molar-refractivity contribution in [1.82, 2.24) is 10.2 Å². The van der Waals surface area contributed by atoms with Crippen LogP contribution >= 0.6 is 0 Å². The Kier molecular flexibility index (Phi) is 5.02. The van der Waals surface area contributed by atoms with Crippen LogP contribution in [0.3, 0.4) is 0 Å². The third-order valence-corrected chi connectivity index (χ3v) is 3.47. The summed E-state index contributed by atoms with van der Waals surface area (Å²) in [6, 6.07) is 11.6. The van der Waals surface area contributed by atoms with Gasteiger partial charge in [0.15, 0.2) is 0 Å². The minimum Gasteiger partial charge on any atom is -0.315 e. The molecule has 2 rings (SSSR count). The lowest BCUT2D eigenvalue weighted by molar-refractivity contribution is 0.322. The molecule has 17 heavy (non-hydrogen) atoms. The molecule has 0 radical (unpaired) electrons. The lowest BCUT2D eigenvalue weighted by Crippen LogP contribution is -2.31. The van der Waals surface area contributed by atoms with Crippen molar-refractivity contribution in [3.8, 4) is 0 Å². The van der Waals surface area contributed by atoms with Crippen molar-refractivity contribution >= 4 is 0 Å². The summed E-state index contributed by atoms with van der Waals surface area (Å²) in [6.45, 7) is 3.45. The number of nitrogens with zero attached hydrogens (tertiary/aromatic N) is 1. The Bertz CT molecular complexity index is 306. The molecular formula is C15H24N2. The zero-order chi connectivity index (χ0) is 11.9. The van der Waals surface area contributed by atoms with Crippen LogP contribution in [0.15, 0.2) is 30.3 Å². The number of benzene rings is 1. The highest BCUT2D eigenvalue weighted by Gasteiger charge is 2.25. The normalized spacial score (nSPS) is 15.4. The molecule has 0 heterocycles. The largest absolute Gasteiger partial charge is 0.315 e. The topological polar surface area (TPSA) is 15.3 Å². The average Bonchev–Trinajstić information content (AvgIpc) is 3.19. The maximum Gasteiger partial charge on any atom is 0.0107 e. The summed E-state index contributed by atoms with van der Waals surface area (Å²) in [5, 5.41) is 3.53. The Morgan fingerprint density at radius 1 is 1.18 bits per heavy atom. The number of hydrogen-bond acceptors (Lipinski definition) is 2. The van der Waals surface area contributed by atoms with E-state index in [1.165, 1.54) is 37.8 Å². The van der Waals surface area contributed by atoms with Crippen molar-refractivity contribution in [1.29, 1.82) is 0 Å². The van der Waals surface area contributed by atoms with E-state index >= 15 is 0 Å². The van der Waals surface area contributed by atoms with Gasteiger partial charge in [-0.2, -0.15) is 0 Å². The minimum absolute atomic E-state index is 0.890. The van der Waals surface area contributed by atoms with E-state index in [4.69, 9.17) is 0 Å². The molecule has 1 saturated carbocycles. The van der Waals surface area contributed by atoms with E-state index in [-0.39, 0.29) is 0 Å². The van der Waals surface area contributed by atoms with Crippen LogP contribution in [0.1, 0.15) is 24.8 Å². The highest BCUT2D eigenvalue weighted by Crippen LogP contribution is 2.24. The molecular weight excluding hydrogens is 208 g/mol. The summed E-state index contributed by atoms with van der Waals surface area (Å²) < 4.78 is 0. The molecule has 0 aromatic heterocycles. The van der Waals surface area contributed by atoms with Crippen LogP contribution < -0.4 is 5.32 Å². The van der Waals surface area contributed by atoms with Gasteiger partial charge >= 0.3 is 0 Å². The van der Waals surface area contributed by atoms with E-state index in [1.807, 2.05) is 0 Å². The van der Waals surface area contributed by atoms with E-state index in [0.717, 1.165) is 19.1 Å². The molecule has 1 aliphatic rings. The number of nitrogens with one attached hydrogen (secondary N) is 1. The average molecular weight is 232 g/mol. The number of likely N-dealkylation sites (N-methyl/N-ethyl adjacent to an activating group) is 1. The van der Waals surface area contributed by atoms with Gasteiger partial charge in [0.05, 0.1) is 0 Å². The van der Waals surface area contributed by atoms with Gasteiger partial charge in [-0.15, -0.1) is 0 Å². The summed E-state index contributed by atoms with van der Waals surface area (Å²) in [5.74, 6) is 0. The minimum atomic E-state index is 0.890. The summed E-state index contributed by atoms with van der Waals surface area (Å²) in [4.78, 5) is 2.48. The fourth-order valence-electron chi connectivity index (χ4n) is 2.14. The number of rotatable bonds is 8. The summed E-state index contributed by atoms with van der Waals surface area (Å²) in [6.07, 6.45) is 5.23. The van der Waals surface area contributed by atoms with Crippen LogP contribution in [0.5, 0.6) is 0 Å². The zero-order valence-corrected chi connectivity index (χ0v) is 10.9. The third kappa shape index (κ3) is 4.88. The van der Waals surface area contributed by atoms with Crippen molar-refractivity contribution in [3.63, 3.8) is 0 Å². The Hall–Kier alpha value is -0.860. The first-order valence-electron chi connectivity index (χ1n) is 6.81. The molecule has 2 heteroatoms. The van der Waals surface area contributed by atoms with Gasteiger partial charge in [-0.05, 0) is 44.8 Å². The lowest BCUT2D eigenvalue weighted by atomic mass is 10.1. The molecule has 1 aromatic rings. The van der Waals surface area contributed by atoms with E-state index in [2.05, 4.69) is 47.6 Å². The first-order chi connectivity index (χ1) is 8.36. The van der Waals surface area contributed by atoms with Gasteiger partial charge in [-0.25, -0.2) is 0 Å². The second kappa shape index (κ2) is 6.77. The molecule has 2 nitrogen and oxygen atoms in total. The van der Waals surface area contributed by atoms with E-state index in [1.54, 1.807) is 0 Å². The summed E-state index contributed by atoms with van der Waals surface area (Å²) in [5.41, 5.74) is 1.45. The van der Waals surface area contributed by atoms with Crippen LogP contribution in [0.4, 0.5) is 0 Å². The number of aryl methyl sites for hydroxylation is 1. The molecule has 0 amide bonds. The molecule has 0 aliphatic heterocycles. The summed E-state index contributed by atoms with van der Waals surface area (Å²) >= 11 is 0. The van der Waals surface area contributed by atoms with Crippen LogP contribution in [-0.4, -0.2) is 37.6 Å². The monoisotopic (exact) mass is 232 g/mol. The quantitative estimate of drug-likeness (QED) is 0.692. The fourth-order valence-corrected chi connectivity index (χ4v) is 2.14. The van der Waals surface area contributed by atoms with Gasteiger partial charge in [-0.3, -0.25) is 0 Å². The van der Waals surface area contributed by atoms with Gasteiger partial charge in [0.25, 0.3) is 0 Å². The third-order valence-electron chi connectivity index (χ3n) is 3.47. The van der Waals surface area contributed by atoms with Crippen LogP contribution in [0.25, 0.3) is 0 Å². The molecule has 0 unspecified atom stereocenters. The molecule has 0 bridgehead atoms. The van der Waals surface area contributed by atoms with Crippen LogP contribution in [0, 0.1) is 0 Å². The summed E-state index contributed by atoms with van der Waals surface area (Å²) in [7, 11) is 2.24. The SMILES string of the molecule is CN(CCNCCCc1ccccc1)C1CC1. The van der Waals surface area contributed by atoms with Crippen molar-refractivity contribution in [2.75, 3.05) is 26.7 Å². The van der Waals surface area contributed by atoms with Crippen molar-refractivity contribution < 1.29 is 0 Å². The zero-order valence-electron chi connectivity index (χ0n) is 10.9. The molecule has 0 saturated heterocycles. The van der Waals surface area contributed by atoms with Crippen LogP contribution in [-0.2, 0) is 6.42 Å². The van der Waals surface area contributed by atoms with E-state index in [9.17, 15) is 0 Å². The van der Waals surface area contributed by atoms with Gasteiger partial charge < -0.3 is 10.2 Å². The molecule has 94 valence electrons. The van der Waals surface area contributed by atoms with Crippen molar-refractivity contribution in [2.45, 2.75) is 31.7 Å². The van der Waals surface area contributed by atoms with Crippen molar-refractivity contribution in [2.24, 2.45) is 0 Å².